The Labute approximate surface area is 162 Å². The first-order chi connectivity index (χ1) is 13.4. The predicted molar refractivity (Wildman–Crippen MR) is 106 cm³/mol. The molecule has 0 fully saturated rings. The van der Waals surface area contributed by atoms with Crippen molar-refractivity contribution in [3.8, 4) is 22.8 Å². The fourth-order valence-corrected chi connectivity index (χ4v) is 4.03. The summed E-state index contributed by atoms with van der Waals surface area (Å²) < 4.78 is 36.2. The van der Waals surface area contributed by atoms with E-state index in [1.807, 2.05) is 48.5 Å². The highest BCUT2D eigenvalue weighted by atomic mass is 32.2. The molecule has 4 rings (SSSR count). The summed E-state index contributed by atoms with van der Waals surface area (Å²) in [5.41, 5.74) is 2.02. The standard InChI is InChI=1S/C20H18N4O3S/c1-14-13-17(24(2)22-14)23-28(25,26)20-18(15-9-5-3-6-10-15)27-19(21-20)16-11-7-4-8-12-16/h3-13,23H,1-2H3. The van der Waals surface area contributed by atoms with Crippen LogP contribution in [0.4, 0.5) is 5.82 Å². The van der Waals surface area contributed by atoms with Crippen molar-refractivity contribution in [2.45, 2.75) is 11.9 Å². The third-order valence-corrected chi connectivity index (χ3v) is 5.41. The summed E-state index contributed by atoms with van der Waals surface area (Å²) in [6, 6.07) is 19.9. The lowest BCUT2D eigenvalue weighted by Gasteiger charge is -2.07. The van der Waals surface area contributed by atoms with Crippen LogP contribution in [0.15, 0.2) is 76.2 Å². The molecule has 0 atom stereocenters. The second-order valence-electron chi connectivity index (χ2n) is 6.29. The summed E-state index contributed by atoms with van der Waals surface area (Å²) in [4.78, 5) is 4.31. The van der Waals surface area contributed by atoms with Crippen LogP contribution in [0.1, 0.15) is 5.69 Å². The highest BCUT2D eigenvalue weighted by Crippen LogP contribution is 2.33. The predicted octanol–water partition coefficient (Wildman–Crippen LogP) is 3.85. The largest absolute Gasteiger partial charge is 0.435 e. The normalized spacial score (nSPS) is 11.5. The molecule has 0 spiro atoms. The third kappa shape index (κ3) is 3.41. The van der Waals surface area contributed by atoms with Crippen LogP contribution in [0.25, 0.3) is 22.8 Å². The van der Waals surface area contributed by atoms with Crippen LogP contribution in [0.2, 0.25) is 0 Å². The van der Waals surface area contributed by atoms with Gasteiger partial charge in [-0.3, -0.25) is 9.40 Å². The lowest BCUT2D eigenvalue weighted by molar-refractivity contribution is 0.581. The van der Waals surface area contributed by atoms with E-state index < -0.39 is 10.0 Å². The van der Waals surface area contributed by atoms with E-state index in [9.17, 15) is 8.42 Å². The van der Waals surface area contributed by atoms with Crippen molar-refractivity contribution in [2.24, 2.45) is 7.05 Å². The van der Waals surface area contributed by atoms with Gasteiger partial charge < -0.3 is 4.42 Å². The average Bonchev–Trinajstić information content (AvgIpc) is 3.27. The molecular formula is C20H18N4O3S. The van der Waals surface area contributed by atoms with Gasteiger partial charge in [-0.05, 0) is 19.1 Å². The van der Waals surface area contributed by atoms with Crippen LogP contribution < -0.4 is 4.72 Å². The van der Waals surface area contributed by atoms with E-state index in [4.69, 9.17) is 4.42 Å². The number of nitrogens with zero attached hydrogens (tertiary/aromatic N) is 3. The van der Waals surface area contributed by atoms with Gasteiger partial charge in [0, 0.05) is 24.2 Å². The molecule has 0 aliphatic rings. The number of aromatic nitrogens is 3. The summed E-state index contributed by atoms with van der Waals surface area (Å²) in [5, 5.41) is 4.00. The number of sulfonamides is 1. The van der Waals surface area contributed by atoms with Gasteiger partial charge in [0.15, 0.2) is 5.76 Å². The summed E-state index contributed by atoms with van der Waals surface area (Å²) in [7, 11) is -2.34. The molecule has 1 N–H and O–H groups in total. The third-order valence-electron chi connectivity index (χ3n) is 4.15. The molecular weight excluding hydrogens is 376 g/mol. The van der Waals surface area contributed by atoms with Crippen LogP contribution in [-0.2, 0) is 17.1 Å². The Balaban J connectivity index is 1.85. The molecule has 8 heteroatoms. The summed E-state index contributed by atoms with van der Waals surface area (Å²) >= 11 is 0. The van der Waals surface area contributed by atoms with E-state index in [0.29, 0.717) is 22.6 Å². The Bertz CT molecular complexity index is 1210. The summed E-state index contributed by atoms with van der Waals surface area (Å²) in [6.07, 6.45) is 0. The minimum atomic E-state index is -4.00. The van der Waals surface area contributed by atoms with Crippen LogP contribution in [0, 0.1) is 6.92 Å². The van der Waals surface area contributed by atoms with Gasteiger partial charge in [-0.2, -0.15) is 18.5 Å². The van der Waals surface area contributed by atoms with Gasteiger partial charge >= 0.3 is 0 Å². The zero-order valence-electron chi connectivity index (χ0n) is 15.3. The molecule has 7 nitrogen and oxygen atoms in total. The molecule has 0 amide bonds. The zero-order chi connectivity index (χ0) is 19.7. The lowest BCUT2D eigenvalue weighted by Crippen LogP contribution is -2.16. The van der Waals surface area contributed by atoms with Crippen LogP contribution in [0.3, 0.4) is 0 Å². The van der Waals surface area contributed by atoms with Crippen molar-refractivity contribution in [2.75, 3.05) is 4.72 Å². The minimum Gasteiger partial charge on any atom is -0.435 e. The smallest absolute Gasteiger partial charge is 0.284 e. The highest BCUT2D eigenvalue weighted by Gasteiger charge is 2.28. The first-order valence-corrected chi connectivity index (χ1v) is 10.1. The van der Waals surface area contributed by atoms with Crippen molar-refractivity contribution in [1.82, 2.24) is 14.8 Å². The van der Waals surface area contributed by atoms with E-state index in [1.54, 1.807) is 32.2 Å². The number of rotatable bonds is 5. The lowest BCUT2D eigenvalue weighted by atomic mass is 10.2. The van der Waals surface area contributed by atoms with Crippen molar-refractivity contribution in [1.29, 1.82) is 0 Å². The van der Waals surface area contributed by atoms with Gasteiger partial charge in [-0.25, -0.2) is 0 Å². The number of hydrogen-bond acceptors (Lipinski definition) is 5. The minimum absolute atomic E-state index is 0.170. The molecule has 4 aromatic rings. The maximum absolute atomic E-state index is 13.1. The number of hydrogen-bond donors (Lipinski definition) is 1. The monoisotopic (exact) mass is 394 g/mol. The summed E-state index contributed by atoms with van der Waals surface area (Å²) in [6.45, 7) is 1.79. The summed E-state index contributed by atoms with van der Waals surface area (Å²) in [5.74, 6) is 0.771. The molecule has 0 saturated heterocycles. The van der Waals surface area contributed by atoms with Crippen LogP contribution >= 0.6 is 0 Å². The second kappa shape index (κ2) is 6.97. The molecule has 142 valence electrons. The molecule has 0 bridgehead atoms. The topological polar surface area (TPSA) is 90.0 Å². The molecule has 0 saturated carbocycles. The molecule has 0 aliphatic heterocycles. The van der Waals surface area contributed by atoms with Gasteiger partial charge in [0.25, 0.3) is 10.0 Å². The molecule has 2 aromatic carbocycles. The second-order valence-corrected chi connectivity index (χ2v) is 7.88. The van der Waals surface area contributed by atoms with Crippen LogP contribution in [0.5, 0.6) is 0 Å². The molecule has 0 radical (unpaired) electrons. The molecule has 0 unspecified atom stereocenters. The Morgan fingerprint density at radius 2 is 1.57 bits per heavy atom. The molecule has 28 heavy (non-hydrogen) atoms. The fourth-order valence-electron chi connectivity index (χ4n) is 2.86. The number of nitrogens with one attached hydrogen (secondary N) is 1. The van der Waals surface area contributed by atoms with Crippen molar-refractivity contribution < 1.29 is 12.8 Å². The van der Waals surface area contributed by atoms with Gasteiger partial charge in [-0.15, -0.1) is 0 Å². The average molecular weight is 394 g/mol. The Morgan fingerprint density at radius 3 is 2.14 bits per heavy atom. The first kappa shape index (κ1) is 18.0. The Kier molecular flexibility index (Phi) is 4.48. The van der Waals surface area contributed by atoms with E-state index in [1.165, 1.54) is 4.68 Å². The fraction of sp³-hybridized carbons (Fsp3) is 0.100. The number of aryl methyl sites for hydroxylation is 2. The number of anilines is 1. The molecule has 2 aromatic heterocycles. The van der Waals surface area contributed by atoms with E-state index >= 15 is 0 Å². The van der Waals surface area contributed by atoms with Gasteiger partial charge in [0.2, 0.25) is 10.9 Å². The maximum atomic E-state index is 13.1. The zero-order valence-corrected chi connectivity index (χ0v) is 16.1. The molecule has 2 heterocycles. The molecule has 0 aliphatic carbocycles. The quantitative estimate of drug-likeness (QED) is 0.555. The Hall–Kier alpha value is -3.39. The number of oxazole rings is 1. The SMILES string of the molecule is Cc1cc(NS(=O)(=O)c2nc(-c3ccccc3)oc2-c2ccccc2)n(C)n1. The van der Waals surface area contributed by atoms with Gasteiger partial charge in [0.1, 0.15) is 5.82 Å². The van der Waals surface area contributed by atoms with Crippen molar-refractivity contribution in [3.63, 3.8) is 0 Å². The van der Waals surface area contributed by atoms with Gasteiger partial charge in [0.05, 0.1) is 5.69 Å². The van der Waals surface area contributed by atoms with Crippen LogP contribution in [-0.4, -0.2) is 23.2 Å². The maximum Gasteiger partial charge on any atom is 0.284 e. The van der Waals surface area contributed by atoms with Gasteiger partial charge in [-0.1, -0.05) is 48.5 Å². The van der Waals surface area contributed by atoms with E-state index in [-0.39, 0.29) is 16.7 Å². The van der Waals surface area contributed by atoms with E-state index in [0.717, 1.165) is 0 Å². The Morgan fingerprint density at radius 1 is 0.964 bits per heavy atom. The van der Waals surface area contributed by atoms with E-state index in [2.05, 4.69) is 14.8 Å². The van der Waals surface area contributed by atoms with Crippen molar-refractivity contribution in [3.05, 3.63) is 72.4 Å². The first-order valence-electron chi connectivity index (χ1n) is 8.59. The highest BCUT2D eigenvalue weighted by molar-refractivity contribution is 7.92. The van der Waals surface area contributed by atoms with Crippen molar-refractivity contribution >= 4 is 15.8 Å². The number of benzene rings is 2.